The predicted octanol–water partition coefficient (Wildman–Crippen LogP) is 2.41. The van der Waals surface area contributed by atoms with E-state index in [2.05, 4.69) is 25.9 Å². The second-order valence-corrected chi connectivity index (χ2v) is 8.33. The van der Waals surface area contributed by atoms with Crippen molar-refractivity contribution in [1.29, 1.82) is 0 Å². The Hall–Kier alpha value is -2.61. The van der Waals surface area contributed by atoms with Crippen molar-refractivity contribution in [2.75, 3.05) is 19.7 Å². The number of benzene rings is 1. The van der Waals surface area contributed by atoms with Gasteiger partial charge in [0.25, 0.3) is 5.91 Å². The molecule has 1 amide bonds. The molecule has 0 bridgehead atoms. The summed E-state index contributed by atoms with van der Waals surface area (Å²) in [5, 5.41) is 10.5. The highest BCUT2D eigenvalue weighted by Crippen LogP contribution is 2.18. The average molecular weight is 416 g/mol. The van der Waals surface area contributed by atoms with Crippen molar-refractivity contribution in [2.24, 2.45) is 4.99 Å². The first kappa shape index (κ1) is 21.1. The summed E-state index contributed by atoms with van der Waals surface area (Å²) in [6, 6.07) is 8.23. The van der Waals surface area contributed by atoms with Gasteiger partial charge in [0.05, 0.1) is 6.54 Å². The Balaban J connectivity index is 1.40. The maximum atomic E-state index is 11.7. The Bertz CT molecular complexity index is 815. The number of guanidine groups is 1. The lowest BCUT2D eigenvalue weighted by molar-refractivity contribution is -0.123. The van der Waals surface area contributed by atoms with Gasteiger partial charge in [0.2, 0.25) is 0 Å². The number of nitrogens with one attached hydrogen (secondary N) is 3. The van der Waals surface area contributed by atoms with E-state index >= 15 is 0 Å². The molecule has 7 nitrogen and oxygen atoms in total. The highest BCUT2D eigenvalue weighted by molar-refractivity contribution is 7.11. The number of thiazole rings is 1. The molecule has 0 atom stereocenters. The number of nitrogens with zero attached hydrogens (tertiary/aromatic N) is 2. The number of aliphatic imine (C=N–C) groups is 1. The molecule has 1 fully saturated rings. The molecular weight excluding hydrogens is 386 g/mol. The highest BCUT2D eigenvalue weighted by atomic mass is 32.1. The zero-order chi connectivity index (χ0) is 20.5. The predicted molar refractivity (Wildman–Crippen MR) is 116 cm³/mol. The Labute approximate surface area is 176 Å². The topological polar surface area (TPSA) is 87.6 Å². The van der Waals surface area contributed by atoms with Crippen LogP contribution in [0.5, 0.6) is 5.75 Å². The third kappa shape index (κ3) is 7.73. The van der Waals surface area contributed by atoms with E-state index in [0.29, 0.717) is 18.3 Å². The number of rotatable bonds is 10. The summed E-state index contributed by atoms with van der Waals surface area (Å²) in [4.78, 5) is 21.8. The number of hydrogen-bond acceptors (Lipinski definition) is 5. The minimum Gasteiger partial charge on any atom is -0.484 e. The molecular formula is C21H29N5O2S. The first-order valence-electron chi connectivity index (χ1n) is 10.1. The van der Waals surface area contributed by atoms with Crippen LogP contribution in [0.25, 0.3) is 0 Å². The van der Waals surface area contributed by atoms with Crippen molar-refractivity contribution in [2.45, 2.75) is 45.7 Å². The number of amides is 1. The van der Waals surface area contributed by atoms with E-state index in [9.17, 15) is 4.79 Å². The first-order chi connectivity index (χ1) is 14.1. The number of carbonyl (C=O) groups excluding carboxylic acids is 1. The van der Waals surface area contributed by atoms with Crippen molar-refractivity contribution in [1.82, 2.24) is 20.9 Å². The molecule has 1 aromatic heterocycles. The molecule has 3 N–H and O–H groups in total. The Morgan fingerprint density at radius 1 is 1.28 bits per heavy atom. The van der Waals surface area contributed by atoms with Crippen LogP contribution >= 0.6 is 11.3 Å². The lowest BCUT2D eigenvalue weighted by atomic mass is 10.1. The Morgan fingerprint density at radius 2 is 2.07 bits per heavy atom. The van der Waals surface area contributed by atoms with Crippen molar-refractivity contribution in [3.8, 4) is 5.75 Å². The van der Waals surface area contributed by atoms with Gasteiger partial charge in [-0.3, -0.25) is 4.79 Å². The van der Waals surface area contributed by atoms with E-state index in [1.54, 1.807) is 11.3 Å². The van der Waals surface area contributed by atoms with Crippen molar-refractivity contribution in [3.05, 3.63) is 45.9 Å². The fraction of sp³-hybridized carbons (Fsp3) is 0.476. The van der Waals surface area contributed by atoms with Crippen molar-refractivity contribution in [3.63, 3.8) is 0 Å². The van der Waals surface area contributed by atoms with Crippen LogP contribution in [0.15, 0.2) is 35.5 Å². The minimum absolute atomic E-state index is 0.0519. The van der Waals surface area contributed by atoms with Gasteiger partial charge in [0.15, 0.2) is 12.6 Å². The van der Waals surface area contributed by atoms with Crippen molar-refractivity contribution >= 4 is 23.2 Å². The average Bonchev–Trinajstić information content (AvgIpc) is 3.43. The van der Waals surface area contributed by atoms with Crippen LogP contribution in [-0.2, 0) is 17.8 Å². The van der Waals surface area contributed by atoms with Gasteiger partial charge >= 0.3 is 0 Å². The SMILES string of the molecule is CCNC(=NCc1ncc(C)s1)NCCc1ccc(OCC(=O)NC2CC2)cc1. The largest absolute Gasteiger partial charge is 0.484 e. The van der Waals surface area contributed by atoms with E-state index in [0.717, 1.165) is 43.3 Å². The van der Waals surface area contributed by atoms with Crippen LogP contribution in [0.4, 0.5) is 0 Å². The molecule has 0 radical (unpaired) electrons. The van der Waals surface area contributed by atoms with Gasteiger partial charge in [0.1, 0.15) is 10.8 Å². The Morgan fingerprint density at radius 3 is 2.72 bits per heavy atom. The molecule has 1 heterocycles. The summed E-state index contributed by atoms with van der Waals surface area (Å²) in [6.45, 7) is 6.32. The molecule has 156 valence electrons. The molecule has 0 aliphatic heterocycles. The van der Waals surface area contributed by atoms with E-state index in [4.69, 9.17) is 4.74 Å². The first-order valence-corrected chi connectivity index (χ1v) is 10.9. The number of carbonyl (C=O) groups is 1. The number of ether oxygens (including phenoxy) is 1. The molecule has 29 heavy (non-hydrogen) atoms. The van der Waals surface area contributed by atoms with Crippen LogP contribution in [0.2, 0.25) is 0 Å². The molecule has 0 saturated heterocycles. The highest BCUT2D eigenvalue weighted by Gasteiger charge is 2.23. The quantitative estimate of drug-likeness (QED) is 0.410. The van der Waals surface area contributed by atoms with Gasteiger partial charge in [0, 0.05) is 30.2 Å². The number of hydrogen-bond donors (Lipinski definition) is 3. The molecule has 1 aliphatic carbocycles. The summed E-state index contributed by atoms with van der Waals surface area (Å²) in [5.41, 5.74) is 1.19. The van der Waals surface area contributed by atoms with Crippen LogP contribution in [0.1, 0.15) is 35.2 Å². The van der Waals surface area contributed by atoms with Gasteiger partial charge in [-0.25, -0.2) is 9.98 Å². The van der Waals surface area contributed by atoms with Crippen LogP contribution in [-0.4, -0.2) is 42.6 Å². The van der Waals surface area contributed by atoms with Crippen LogP contribution in [0, 0.1) is 6.92 Å². The van der Waals surface area contributed by atoms with E-state index in [-0.39, 0.29) is 12.5 Å². The molecule has 1 aromatic carbocycles. The lowest BCUT2D eigenvalue weighted by Crippen LogP contribution is -2.38. The summed E-state index contributed by atoms with van der Waals surface area (Å²) in [7, 11) is 0. The molecule has 1 saturated carbocycles. The molecule has 0 unspecified atom stereocenters. The summed E-state index contributed by atoms with van der Waals surface area (Å²) < 4.78 is 5.54. The molecule has 1 aliphatic rings. The lowest BCUT2D eigenvalue weighted by Gasteiger charge is -2.11. The van der Waals surface area contributed by atoms with Crippen LogP contribution < -0.4 is 20.7 Å². The molecule has 0 spiro atoms. The minimum atomic E-state index is -0.0519. The smallest absolute Gasteiger partial charge is 0.258 e. The second-order valence-electron chi connectivity index (χ2n) is 7.01. The zero-order valence-electron chi connectivity index (χ0n) is 17.0. The standard InChI is InChI=1S/C21H29N5O2S/c1-3-22-21(25-13-20-24-12-15(2)29-20)23-11-10-16-4-8-18(9-5-16)28-14-19(27)26-17-6-7-17/h4-5,8-9,12,17H,3,6-7,10-11,13-14H2,1-2H3,(H,26,27)(H2,22,23,25). The number of aryl methyl sites for hydroxylation is 1. The third-order valence-electron chi connectivity index (χ3n) is 4.33. The summed E-state index contributed by atoms with van der Waals surface area (Å²) in [6.07, 6.45) is 4.91. The van der Waals surface area contributed by atoms with Gasteiger partial charge in [-0.1, -0.05) is 12.1 Å². The third-order valence-corrected chi connectivity index (χ3v) is 5.23. The summed E-state index contributed by atoms with van der Waals surface area (Å²) >= 11 is 1.67. The van der Waals surface area contributed by atoms with E-state index < -0.39 is 0 Å². The van der Waals surface area contributed by atoms with Gasteiger partial charge < -0.3 is 20.7 Å². The maximum Gasteiger partial charge on any atom is 0.258 e. The van der Waals surface area contributed by atoms with Gasteiger partial charge in [-0.15, -0.1) is 11.3 Å². The van der Waals surface area contributed by atoms with Crippen LogP contribution in [0.3, 0.4) is 0 Å². The molecule has 8 heteroatoms. The molecule has 2 aromatic rings. The fourth-order valence-electron chi connectivity index (χ4n) is 2.69. The van der Waals surface area contributed by atoms with Crippen molar-refractivity contribution < 1.29 is 9.53 Å². The van der Waals surface area contributed by atoms with E-state index in [1.165, 1.54) is 10.4 Å². The van der Waals surface area contributed by atoms with Gasteiger partial charge in [-0.05, 0) is 50.8 Å². The zero-order valence-corrected chi connectivity index (χ0v) is 17.8. The summed E-state index contributed by atoms with van der Waals surface area (Å²) in [5.74, 6) is 1.45. The maximum absolute atomic E-state index is 11.7. The monoisotopic (exact) mass is 415 g/mol. The van der Waals surface area contributed by atoms with E-state index in [1.807, 2.05) is 44.3 Å². The second kappa shape index (κ2) is 10.8. The molecule has 3 rings (SSSR count). The van der Waals surface area contributed by atoms with Gasteiger partial charge in [-0.2, -0.15) is 0 Å². The fourth-order valence-corrected chi connectivity index (χ4v) is 3.40. The Kier molecular flexibility index (Phi) is 7.86. The number of aromatic nitrogens is 1. The normalized spacial score (nSPS) is 13.8.